The van der Waals surface area contributed by atoms with E-state index in [0.717, 1.165) is 18.8 Å². The molecule has 0 spiro atoms. The van der Waals surface area contributed by atoms with Crippen LogP contribution in [0.3, 0.4) is 0 Å². The van der Waals surface area contributed by atoms with Gasteiger partial charge in [-0.1, -0.05) is 24.6 Å². The van der Waals surface area contributed by atoms with Crippen molar-refractivity contribution in [2.75, 3.05) is 5.88 Å². The first-order chi connectivity index (χ1) is 9.06. The number of nitrogens with one attached hydrogen (secondary N) is 1. The van der Waals surface area contributed by atoms with E-state index in [1.54, 1.807) is 12.1 Å². The molecule has 2 rings (SSSR count). The predicted octanol–water partition coefficient (Wildman–Crippen LogP) is 4.76. The highest BCUT2D eigenvalue weighted by Gasteiger charge is 2.33. The minimum absolute atomic E-state index is 0.0698. The van der Waals surface area contributed by atoms with E-state index in [1.165, 1.54) is 18.9 Å². The van der Waals surface area contributed by atoms with Gasteiger partial charge in [0.15, 0.2) is 0 Å². The molecule has 1 fully saturated rings. The first kappa shape index (κ1) is 15.1. The van der Waals surface area contributed by atoms with Crippen LogP contribution in [0, 0.1) is 11.7 Å². The van der Waals surface area contributed by atoms with Crippen molar-refractivity contribution in [2.45, 2.75) is 44.7 Å². The smallest absolute Gasteiger partial charge is 0.129 e. The van der Waals surface area contributed by atoms with Crippen LogP contribution in [0.25, 0.3) is 0 Å². The molecule has 0 bridgehead atoms. The number of hydrogen-bond acceptors (Lipinski definition) is 1. The molecule has 0 aromatic heterocycles. The molecule has 1 nitrogen and oxygen atoms in total. The quantitative estimate of drug-likeness (QED) is 0.791. The molecule has 0 unspecified atom stereocenters. The Balaban J connectivity index is 2.04. The molecule has 0 aliphatic heterocycles. The van der Waals surface area contributed by atoms with Crippen LogP contribution in [0.5, 0.6) is 0 Å². The second-order valence-corrected chi connectivity index (χ2v) is 6.32. The molecule has 1 aliphatic rings. The van der Waals surface area contributed by atoms with Gasteiger partial charge in [0.05, 0.1) is 0 Å². The van der Waals surface area contributed by atoms with Crippen LogP contribution in [0.2, 0.25) is 5.02 Å². The number of hydrogen-bond donors (Lipinski definition) is 1. The summed E-state index contributed by atoms with van der Waals surface area (Å²) in [5, 5.41) is 3.92. The lowest BCUT2D eigenvalue weighted by Gasteiger charge is -2.39. The van der Waals surface area contributed by atoms with Crippen molar-refractivity contribution in [2.24, 2.45) is 5.92 Å². The normalized spacial score (nSPS) is 27.5. The highest BCUT2D eigenvalue weighted by molar-refractivity contribution is 6.31. The maximum Gasteiger partial charge on any atom is 0.129 e. The van der Waals surface area contributed by atoms with Crippen LogP contribution >= 0.6 is 23.2 Å². The summed E-state index contributed by atoms with van der Waals surface area (Å²) >= 11 is 12.2. The Kier molecular flexibility index (Phi) is 5.10. The van der Waals surface area contributed by atoms with Crippen LogP contribution in [0.15, 0.2) is 18.2 Å². The standard InChI is InChI=1S/C15H20Cl2FN/c1-11-5-7-15(10-16,8-6-11)19-9-12-13(17)3-2-4-14(12)18/h2-4,11,19H,5-10H2,1H3. The monoisotopic (exact) mass is 303 g/mol. The zero-order chi connectivity index (χ0) is 13.9. The van der Waals surface area contributed by atoms with Gasteiger partial charge in [-0.25, -0.2) is 4.39 Å². The fourth-order valence-corrected chi connectivity index (χ4v) is 3.24. The molecule has 0 saturated heterocycles. The van der Waals surface area contributed by atoms with Gasteiger partial charge in [0, 0.05) is 28.5 Å². The van der Waals surface area contributed by atoms with Crippen molar-refractivity contribution in [1.29, 1.82) is 0 Å². The average Bonchev–Trinajstić information content (AvgIpc) is 2.41. The number of benzene rings is 1. The third-order valence-electron chi connectivity index (χ3n) is 4.19. The molecule has 1 aliphatic carbocycles. The fraction of sp³-hybridized carbons (Fsp3) is 0.600. The van der Waals surface area contributed by atoms with Crippen LogP contribution in [-0.2, 0) is 6.54 Å². The second-order valence-electron chi connectivity index (χ2n) is 5.65. The van der Waals surface area contributed by atoms with Crippen molar-refractivity contribution < 1.29 is 4.39 Å². The maximum absolute atomic E-state index is 13.7. The Bertz CT molecular complexity index is 408. The van der Waals surface area contributed by atoms with E-state index >= 15 is 0 Å². The van der Waals surface area contributed by atoms with Gasteiger partial charge in [0.1, 0.15) is 5.82 Å². The minimum Gasteiger partial charge on any atom is -0.306 e. The predicted molar refractivity (Wildman–Crippen MR) is 79.3 cm³/mol. The Hall–Kier alpha value is -0.310. The highest BCUT2D eigenvalue weighted by atomic mass is 35.5. The third-order valence-corrected chi connectivity index (χ3v) is 5.05. The van der Waals surface area contributed by atoms with E-state index in [2.05, 4.69) is 12.2 Å². The molecule has 1 saturated carbocycles. The zero-order valence-corrected chi connectivity index (χ0v) is 12.7. The summed E-state index contributed by atoms with van der Waals surface area (Å²) < 4.78 is 13.7. The van der Waals surface area contributed by atoms with Crippen LogP contribution in [0.1, 0.15) is 38.2 Å². The van der Waals surface area contributed by atoms with E-state index in [4.69, 9.17) is 23.2 Å². The Morgan fingerprint density at radius 2 is 2.05 bits per heavy atom. The average molecular weight is 304 g/mol. The van der Waals surface area contributed by atoms with Gasteiger partial charge in [-0.2, -0.15) is 0 Å². The van der Waals surface area contributed by atoms with E-state index in [9.17, 15) is 4.39 Å². The molecule has 106 valence electrons. The molecule has 19 heavy (non-hydrogen) atoms. The van der Waals surface area contributed by atoms with E-state index in [1.807, 2.05) is 0 Å². The van der Waals surface area contributed by atoms with Crippen molar-refractivity contribution in [3.63, 3.8) is 0 Å². The molecule has 0 radical (unpaired) electrons. The summed E-state index contributed by atoms with van der Waals surface area (Å²) in [6.07, 6.45) is 4.43. The summed E-state index contributed by atoms with van der Waals surface area (Å²) in [6, 6.07) is 4.79. The third kappa shape index (κ3) is 3.62. The summed E-state index contributed by atoms with van der Waals surface area (Å²) in [6.45, 7) is 2.71. The van der Waals surface area contributed by atoms with Gasteiger partial charge >= 0.3 is 0 Å². The summed E-state index contributed by atoms with van der Waals surface area (Å²) in [5.74, 6) is 1.07. The summed E-state index contributed by atoms with van der Waals surface area (Å²) in [4.78, 5) is 0. The molecule has 0 amide bonds. The highest BCUT2D eigenvalue weighted by Crippen LogP contribution is 2.33. The van der Waals surface area contributed by atoms with Crippen LogP contribution in [-0.4, -0.2) is 11.4 Å². The first-order valence-electron chi connectivity index (χ1n) is 6.80. The molecule has 4 heteroatoms. The van der Waals surface area contributed by atoms with Gasteiger partial charge in [0.2, 0.25) is 0 Å². The fourth-order valence-electron chi connectivity index (χ4n) is 2.65. The van der Waals surface area contributed by atoms with Crippen LogP contribution in [0.4, 0.5) is 4.39 Å². The van der Waals surface area contributed by atoms with E-state index < -0.39 is 0 Å². The molecule has 0 heterocycles. The van der Waals surface area contributed by atoms with Crippen LogP contribution < -0.4 is 5.32 Å². The zero-order valence-electron chi connectivity index (χ0n) is 11.2. The molecule has 1 aromatic carbocycles. The lowest BCUT2D eigenvalue weighted by Crippen LogP contribution is -2.49. The topological polar surface area (TPSA) is 12.0 Å². The Morgan fingerprint density at radius 3 is 2.63 bits per heavy atom. The number of rotatable bonds is 4. The van der Waals surface area contributed by atoms with E-state index in [-0.39, 0.29) is 11.4 Å². The van der Waals surface area contributed by atoms with Gasteiger partial charge in [-0.3, -0.25) is 0 Å². The van der Waals surface area contributed by atoms with Gasteiger partial charge in [-0.15, -0.1) is 11.6 Å². The molecule has 0 atom stereocenters. The number of halogens is 3. The SMILES string of the molecule is CC1CCC(CCl)(NCc2c(F)cccc2Cl)CC1. The molecular formula is C15H20Cl2FN. The molecule has 1 N–H and O–H groups in total. The van der Waals surface area contributed by atoms with Crippen molar-refractivity contribution in [3.8, 4) is 0 Å². The van der Waals surface area contributed by atoms with Crippen molar-refractivity contribution >= 4 is 23.2 Å². The second kappa shape index (κ2) is 6.43. The maximum atomic E-state index is 13.7. The largest absolute Gasteiger partial charge is 0.306 e. The van der Waals surface area contributed by atoms with E-state index in [0.29, 0.717) is 23.0 Å². The lowest BCUT2D eigenvalue weighted by atomic mass is 9.78. The van der Waals surface area contributed by atoms with Crippen molar-refractivity contribution in [1.82, 2.24) is 5.32 Å². The summed E-state index contributed by atoms with van der Waals surface area (Å²) in [7, 11) is 0. The number of alkyl halides is 1. The van der Waals surface area contributed by atoms with Gasteiger partial charge < -0.3 is 5.32 Å². The van der Waals surface area contributed by atoms with Crippen molar-refractivity contribution in [3.05, 3.63) is 34.6 Å². The molecule has 1 aromatic rings. The first-order valence-corrected chi connectivity index (χ1v) is 7.71. The Labute approximate surface area is 124 Å². The minimum atomic E-state index is -0.256. The Morgan fingerprint density at radius 1 is 1.37 bits per heavy atom. The van der Waals surface area contributed by atoms with Gasteiger partial charge in [-0.05, 0) is 43.7 Å². The van der Waals surface area contributed by atoms with Gasteiger partial charge in [0.25, 0.3) is 0 Å². The lowest BCUT2D eigenvalue weighted by molar-refractivity contribution is 0.215. The summed E-state index contributed by atoms with van der Waals surface area (Å²) in [5.41, 5.74) is 0.465. The molecular weight excluding hydrogens is 284 g/mol.